The molecule has 1 atom stereocenters. The summed E-state index contributed by atoms with van der Waals surface area (Å²) < 4.78 is 5.65. The van der Waals surface area contributed by atoms with Gasteiger partial charge in [0.25, 0.3) is 5.91 Å². The zero-order chi connectivity index (χ0) is 20.5. The van der Waals surface area contributed by atoms with Crippen LogP contribution in [-0.4, -0.2) is 35.9 Å². The van der Waals surface area contributed by atoms with Crippen LogP contribution in [0.5, 0.6) is 5.75 Å². The second kappa shape index (κ2) is 10.5. The van der Waals surface area contributed by atoms with E-state index in [1.165, 1.54) is 0 Å². The lowest BCUT2D eigenvalue weighted by Gasteiger charge is -2.29. The Morgan fingerprint density at radius 2 is 1.64 bits per heavy atom. The molecule has 0 aliphatic rings. The van der Waals surface area contributed by atoms with Crippen LogP contribution in [0.3, 0.4) is 0 Å². The maximum atomic E-state index is 12.9. The molecule has 150 valence electrons. The van der Waals surface area contributed by atoms with Crippen molar-refractivity contribution in [1.29, 1.82) is 0 Å². The average molecular weight is 383 g/mol. The maximum absolute atomic E-state index is 12.9. The van der Waals surface area contributed by atoms with E-state index in [1.807, 2.05) is 75.4 Å². The normalized spacial score (nSPS) is 11.8. The van der Waals surface area contributed by atoms with E-state index in [2.05, 4.69) is 5.32 Å². The molecule has 0 unspecified atom stereocenters. The van der Waals surface area contributed by atoms with Crippen LogP contribution in [-0.2, 0) is 16.1 Å². The van der Waals surface area contributed by atoms with Crippen LogP contribution in [0.2, 0.25) is 0 Å². The number of amides is 2. The Morgan fingerprint density at radius 3 is 2.25 bits per heavy atom. The molecule has 0 radical (unpaired) electrons. The molecule has 1 N–H and O–H groups in total. The van der Waals surface area contributed by atoms with Crippen LogP contribution in [0.4, 0.5) is 0 Å². The summed E-state index contributed by atoms with van der Waals surface area (Å²) >= 11 is 0. The molecule has 0 aliphatic heterocycles. The van der Waals surface area contributed by atoms with E-state index in [4.69, 9.17) is 4.74 Å². The van der Waals surface area contributed by atoms with Gasteiger partial charge in [-0.3, -0.25) is 9.59 Å². The van der Waals surface area contributed by atoms with Crippen LogP contribution in [0.25, 0.3) is 0 Å². The first-order valence-electron chi connectivity index (χ1n) is 9.67. The average Bonchev–Trinajstić information content (AvgIpc) is 2.69. The van der Waals surface area contributed by atoms with Crippen molar-refractivity contribution in [3.8, 4) is 5.75 Å². The first-order chi connectivity index (χ1) is 13.4. The van der Waals surface area contributed by atoms with Gasteiger partial charge in [-0.2, -0.15) is 0 Å². The largest absolute Gasteiger partial charge is 0.484 e. The van der Waals surface area contributed by atoms with E-state index in [0.29, 0.717) is 24.8 Å². The van der Waals surface area contributed by atoms with Crippen molar-refractivity contribution in [3.63, 3.8) is 0 Å². The fourth-order valence-electron chi connectivity index (χ4n) is 2.68. The van der Waals surface area contributed by atoms with Gasteiger partial charge in [-0.05, 0) is 37.5 Å². The number of ether oxygens (including phenoxy) is 1. The minimum absolute atomic E-state index is 0.113. The molecule has 2 rings (SSSR count). The summed E-state index contributed by atoms with van der Waals surface area (Å²) in [6.07, 6.45) is 0. The zero-order valence-corrected chi connectivity index (χ0v) is 17.1. The Morgan fingerprint density at radius 1 is 1.00 bits per heavy atom. The third-order valence-electron chi connectivity index (χ3n) is 4.43. The van der Waals surface area contributed by atoms with Crippen molar-refractivity contribution < 1.29 is 14.3 Å². The summed E-state index contributed by atoms with van der Waals surface area (Å²) in [4.78, 5) is 27.0. The lowest BCUT2D eigenvalue weighted by atomic mass is 10.1. The first kappa shape index (κ1) is 21.5. The second-order valence-corrected chi connectivity index (χ2v) is 7.42. The summed E-state index contributed by atoms with van der Waals surface area (Å²) in [5.41, 5.74) is 2.09. The van der Waals surface area contributed by atoms with Crippen molar-refractivity contribution >= 4 is 11.8 Å². The number of nitrogens with zero attached hydrogens (tertiary/aromatic N) is 1. The Bertz CT molecular complexity index is 757. The van der Waals surface area contributed by atoms with Gasteiger partial charge in [-0.25, -0.2) is 0 Å². The standard InChI is InChI=1S/C23H30N2O3/c1-17(2)14-24-23(27)19(4)25(15-20-8-6-5-7-9-20)22(26)16-28-21-12-10-18(3)11-13-21/h5-13,17,19H,14-16H2,1-4H3,(H,24,27)/t19-/m1/s1. The molecule has 0 aliphatic carbocycles. The van der Waals surface area contributed by atoms with Gasteiger partial charge >= 0.3 is 0 Å². The third kappa shape index (κ3) is 6.72. The SMILES string of the molecule is Cc1ccc(OCC(=O)N(Cc2ccccc2)[C@H](C)C(=O)NCC(C)C)cc1. The number of benzene rings is 2. The van der Waals surface area contributed by atoms with Gasteiger partial charge in [0.2, 0.25) is 5.91 Å². The third-order valence-corrected chi connectivity index (χ3v) is 4.43. The van der Waals surface area contributed by atoms with E-state index in [1.54, 1.807) is 11.8 Å². The second-order valence-electron chi connectivity index (χ2n) is 7.42. The summed E-state index contributed by atoms with van der Waals surface area (Å²) in [6.45, 7) is 8.64. The van der Waals surface area contributed by atoms with E-state index < -0.39 is 6.04 Å². The fraction of sp³-hybridized carbons (Fsp3) is 0.391. The Hall–Kier alpha value is -2.82. The number of rotatable bonds is 9. The van der Waals surface area contributed by atoms with Gasteiger partial charge < -0.3 is 15.0 Å². The van der Waals surface area contributed by atoms with Crippen molar-refractivity contribution in [2.24, 2.45) is 5.92 Å². The van der Waals surface area contributed by atoms with Crippen LogP contribution in [0.1, 0.15) is 31.9 Å². The molecule has 5 heteroatoms. The van der Waals surface area contributed by atoms with E-state index in [9.17, 15) is 9.59 Å². The number of hydrogen-bond donors (Lipinski definition) is 1. The minimum atomic E-state index is -0.590. The maximum Gasteiger partial charge on any atom is 0.261 e. The molecule has 2 aromatic carbocycles. The number of hydrogen-bond acceptors (Lipinski definition) is 3. The molecule has 0 spiro atoms. The van der Waals surface area contributed by atoms with Crippen molar-refractivity contribution in [2.75, 3.05) is 13.2 Å². The zero-order valence-electron chi connectivity index (χ0n) is 17.1. The predicted molar refractivity (Wildman–Crippen MR) is 111 cm³/mol. The van der Waals surface area contributed by atoms with E-state index in [-0.39, 0.29) is 18.4 Å². The Labute approximate surface area is 167 Å². The monoisotopic (exact) mass is 382 g/mol. The number of carbonyl (C=O) groups is 2. The van der Waals surface area contributed by atoms with Gasteiger partial charge in [0.1, 0.15) is 11.8 Å². The fourth-order valence-corrected chi connectivity index (χ4v) is 2.68. The van der Waals surface area contributed by atoms with Crippen molar-refractivity contribution in [3.05, 3.63) is 65.7 Å². The first-order valence-corrected chi connectivity index (χ1v) is 9.67. The molecule has 0 aromatic heterocycles. The van der Waals surface area contributed by atoms with Crippen LogP contribution >= 0.6 is 0 Å². The lowest BCUT2D eigenvalue weighted by Crippen LogP contribution is -2.49. The molecular weight excluding hydrogens is 352 g/mol. The van der Waals surface area contributed by atoms with Crippen LogP contribution in [0, 0.1) is 12.8 Å². The minimum Gasteiger partial charge on any atom is -0.484 e. The smallest absolute Gasteiger partial charge is 0.261 e. The molecular formula is C23H30N2O3. The van der Waals surface area contributed by atoms with Gasteiger partial charge in [-0.1, -0.05) is 61.9 Å². The topological polar surface area (TPSA) is 58.6 Å². The highest BCUT2D eigenvalue weighted by atomic mass is 16.5. The summed E-state index contributed by atoms with van der Waals surface area (Å²) in [7, 11) is 0. The molecule has 28 heavy (non-hydrogen) atoms. The molecule has 5 nitrogen and oxygen atoms in total. The molecule has 0 heterocycles. The highest BCUT2D eigenvalue weighted by Gasteiger charge is 2.26. The molecule has 0 fully saturated rings. The Kier molecular flexibility index (Phi) is 8.05. The Balaban J connectivity index is 2.08. The number of aryl methyl sites for hydroxylation is 1. The van der Waals surface area contributed by atoms with Gasteiger partial charge in [0.05, 0.1) is 0 Å². The van der Waals surface area contributed by atoms with Gasteiger partial charge in [0.15, 0.2) is 6.61 Å². The highest BCUT2D eigenvalue weighted by Crippen LogP contribution is 2.14. The summed E-state index contributed by atoms with van der Waals surface area (Å²) in [6, 6.07) is 16.6. The molecule has 2 aromatic rings. The molecule has 0 saturated carbocycles. The lowest BCUT2D eigenvalue weighted by molar-refractivity contribution is -0.142. The quantitative estimate of drug-likeness (QED) is 0.721. The van der Waals surface area contributed by atoms with Crippen LogP contribution in [0.15, 0.2) is 54.6 Å². The summed E-state index contributed by atoms with van der Waals surface area (Å²) in [5, 5.41) is 2.91. The van der Waals surface area contributed by atoms with Crippen molar-refractivity contribution in [1.82, 2.24) is 10.2 Å². The van der Waals surface area contributed by atoms with Gasteiger partial charge in [-0.15, -0.1) is 0 Å². The molecule has 0 bridgehead atoms. The van der Waals surface area contributed by atoms with Crippen LogP contribution < -0.4 is 10.1 Å². The molecule has 0 saturated heterocycles. The van der Waals surface area contributed by atoms with E-state index >= 15 is 0 Å². The predicted octanol–water partition coefficient (Wildman–Crippen LogP) is 3.56. The van der Waals surface area contributed by atoms with Crippen molar-refractivity contribution in [2.45, 2.75) is 40.3 Å². The van der Waals surface area contributed by atoms with E-state index in [0.717, 1.165) is 11.1 Å². The van der Waals surface area contributed by atoms with Gasteiger partial charge in [0, 0.05) is 13.1 Å². The molecule has 2 amide bonds. The number of nitrogens with one attached hydrogen (secondary N) is 1. The summed E-state index contributed by atoms with van der Waals surface area (Å²) in [5.74, 6) is 0.597. The highest BCUT2D eigenvalue weighted by molar-refractivity contribution is 5.87. The number of carbonyl (C=O) groups excluding carboxylic acids is 2.